The lowest BCUT2D eigenvalue weighted by Crippen LogP contribution is -2.33. The quantitative estimate of drug-likeness (QED) is 0.658. The molecule has 0 saturated carbocycles. The summed E-state index contributed by atoms with van der Waals surface area (Å²) in [6, 6.07) is 3.56. The van der Waals surface area contributed by atoms with E-state index in [4.69, 9.17) is 16.6 Å². The molecule has 90 valence electrons. The van der Waals surface area contributed by atoms with Crippen molar-refractivity contribution >= 4 is 29.3 Å². The highest BCUT2D eigenvalue weighted by atomic mass is 32.1. The Hall–Kier alpha value is -1.62. The van der Waals surface area contributed by atoms with Gasteiger partial charge in [0.15, 0.2) is 5.11 Å². The molecule has 1 aliphatic rings. The van der Waals surface area contributed by atoms with E-state index in [1.807, 2.05) is 13.8 Å². The third-order valence-corrected chi connectivity index (χ3v) is 2.66. The van der Waals surface area contributed by atoms with Crippen molar-refractivity contribution in [2.24, 2.45) is 5.92 Å². The molecule has 1 aromatic heterocycles. The average molecular weight is 250 g/mol. The maximum absolute atomic E-state index is 12.0. The second kappa shape index (κ2) is 4.71. The van der Waals surface area contributed by atoms with Crippen LogP contribution in [0.5, 0.6) is 0 Å². The molecule has 1 saturated heterocycles. The third kappa shape index (κ3) is 2.55. The topological polar surface area (TPSA) is 45.5 Å². The van der Waals surface area contributed by atoms with E-state index in [9.17, 15) is 4.79 Å². The summed E-state index contributed by atoms with van der Waals surface area (Å²) in [5.74, 6) is 0.914. The zero-order chi connectivity index (χ0) is 12.4. The number of amides is 1. The van der Waals surface area contributed by atoms with Gasteiger partial charge in [0.1, 0.15) is 11.5 Å². The number of furan rings is 1. The third-order valence-electron chi connectivity index (χ3n) is 2.34. The minimum absolute atomic E-state index is 0.0971. The Morgan fingerprint density at radius 2 is 2.35 bits per heavy atom. The Kier molecular flexibility index (Phi) is 3.28. The second-order valence-electron chi connectivity index (χ2n) is 4.31. The van der Waals surface area contributed by atoms with Gasteiger partial charge in [-0.05, 0) is 30.3 Å². The number of nitrogens with zero attached hydrogens (tertiary/aromatic N) is 1. The van der Waals surface area contributed by atoms with Crippen molar-refractivity contribution in [2.75, 3.05) is 6.54 Å². The first-order valence-corrected chi connectivity index (χ1v) is 5.87. The van der Waals surface area contributed by atoms with Gasteiger partial charge in [0.25, 0.3) is 5.91 Å². The number of hydrogen-bond donors (Lipinski definition) is 1. The maximum atomic E-state index is 12.0. The van der Waals surface area contributed by atoms with Crippen LogP contribution in [0.25, 0.3) is 6.08 Å². The summed E-state index contributed by atoms with van der Waals surface area (Å²) in [5.41, 5.74) is 0.464. The molecular formula is C12H14N2O2S. The van der Waals surface area contributed by atoms with Crippen molar-refractivity contribution in [3.63, 3.8) is 0 Å². The molecule has 0 spiro atoms. The molecular weight excluding hydrogens is 236 g/mol. The Balaban J connectivity index is 2.18. The predicted molar refractivity (Wildman–Crippen MR) is 69.0 cm³/mol. The fourth-order valence-electron chi connectivity index (χ4n) is 1.62. The number of thiocarbonyl (C=S) groups is 1. The van der Waals surface area contributed by atoms with Crippen LogP contribution < -0.4 is 5.32 Å². The van der Waals surface area contributed by atoms with E-state index < -0.39 is 0 Å². The van der Waals surface area contributed by atoms with E-state index in [0.29, 0.717) is 29.0 Å². The molecule has 0 aliphatic carbocycles. The molecule has 0 aromatic carbocycles. The van der Waals surface area contributed by atoms with Crippen molar-refractivity contribution < 1.29 is 9.21 Å². The monoisotopic (exact) mass is 250 g/mol. The molecule has 1 aromatic rings. The Bertz CT molecular complexity index is 463. The van der Waals surface area contributed by atoms with Crippen LogP contribution in [0.4, 0.5) is 0 Å². The van der Waals surface area contributed by atoms with Gasteiger partial charge in [-0.3, -0.25) is 9.69 Å². The van der Waals surface area contributed by atoms with Gasteiger partial charge >= 0.3 is 0 Å². The fraction of sp³-hybridized carbons (Fsp3) is 0.333. The normalized spacial score (nSPS) is 18.3. The summed E-state index contributed by atoms with van der Waals surface area (Å²) in [6.45, 7) is 4.72. The molecule has 0 radical (unpaired) electrons. The molecule has 2 heterocycles. The van der Waals surface area contributed by atoms with Gasteiger partial charge < -0.3 is 9.73 Å². The van der Waals surface area contributed by atoms with Gasteiger partial charge in [0, 0.05) is 12.6 Å². The second-order valence-corrected chi connectivity index (χ2v) is 4.70. The molecule has 2 rings (SSSR count). The molecule has 0 atom stereocenters. The molecule has 0 unspecified atom stereocenters. The van der Waals surface area contributed by atoms with Gasteiger partial charge in [0.2, 0.25) is 0 Å². The average Bonchev–Trinajstić information content (AvgIpc) is 2.83. The molecule has 1 fully saturated rings. The Morgan fingerprint density at radius 3 is 2.94 bits per heavy atom. The van der Waals surface area contributed by atoms with Crippen molar-refractivity contribution in [1.29, 1.82) is 0 Å². The SMILES string of the molecule is CC(C)CN1C(=O)/C(=C\c2ccco2)NC1=S. The zero-order valence-electron chi connectivity index (χ0n) is 9.77. The summed E-state index contributed by atoms with van der Waals surface area (Å²) in [6.07, 6.45) is 3.23. The molecule has 4 nitrogen and oxygen atoms in total. The van der Waals surface area contributed by atoms with E-state index in [1.165, 1.54) is 0 Å². The van der Waals surface area contributed by atoms with Crippen LogP contribution >= 0.6 is 12.2 Å². The van der Waals surface area contributed by atoms with E-state index in [1.54, 1.807) is 29.4 Å². The van der Waals surface area contributed by atoms with Crippen LogP contribution in [0.15, 0.2) is 28.5 Å². The number of carbonyl (C=O) groups is 1. The zero-order valence-corrected chi connectivity index (χ0v) is 10.6. The molecule has 0 bridgehead atoms. The van der Waals surface area contributed by atoms with Crippen molar-refractivity contribution in [1.82, 2.24) is 10.2 Å². The van der Waals surface area contributed by atoms with Crippen LogP contribution in [-0.4, -0.2) is 22.5 Å². The van der Waals surface area contributed by atoms with Gasteiger partial charge in [-0.1, -0.05) is 13.8 Å². The molecule has 5 heteroatoms. The molecule has 1 aliphatic heterocycles. The van der Waals surface area contributed by atoms with Crippen LogP contribution in [-0.2, 0) is 4.79 Å². The highest BCUT2D eigenvalue weighted by molar-refractivity contribution is 7.80. The largest absolute Gasteiger partial charge is 0.465 e. The van der Waals surface area contributed by atoms with E-state index >= 15 is 0 Å². The first kappa shape index (κ1) is 11.9. The van der Waals surface area contributed by atoms with Crippen LogP contribution in [0, 0.1) is 5.92 Å². The summed E-state index contributed by atoms with van der Waals surface area (Å²) in [7, 11) is 0. The Labute approximate surface area is 105 Å². The number of rotatable bonds is 3. The summed E-state index contributed by atoms with van der Waals surface area (Å²) < 4.78 is 5.16. The summed E-state index contributed by atoms with van der Waals surface area (Å²) >= 11 is 5.13. The lowest BCUT2D eigenvalue weighted by atomic mass is 10.2. The van der Waals surface area contributed by atoms with Crippen molar-refractivity contribution in [3.8, 4) is 0 Å². The van der Waals surface area contributed by atoms with Crippen molar-refractivity contribution in [2.45, 2.75) is 13.8 Å². The number of nitrogens with one attached hydrogen (secondary N) is 1. The van der Waals surface area contributed by atoms with Crippen LogP contribution in [0.3, 0.4) is 0 Å². The first-order valence-electron chi connectivity index (χ1n) is 5.46. The summed E-state index contributed by atoms with van der Waals surface area (Å²) in [5, 5.41) is 3.37. The number of carbonyl (C=O) groups excluding carboxylic acids is 1. The van der Waals surface area contributed by atoms with Crippen LogP contribution in [0.1, 0.15) is 19.6 Å². The van der Waals surface area contributed by atoms with Gasteiger partial charge in [0.05, 0.1) is 6.26 Å². The predicted octanol–water partition coefficient (Wildman–Crippen LogP) is 1.99. The van der Waals surface area contributed by atoms with E-state index in [2.05, 4.69) is 5.32 Å². The lowest BCUT2D eigenvalue weighted by Gasteiger charge is -2.15. The lowest BCUT2D eigenvalue weighted by molar-refractivity contribution is -0.122. The van der Waals surface area contributed by atoms with E-state index in [-0.39, 0.29) is 5.91 Å². The minimum atomic E-state index is -0.0971. The fourth-order valence-corrected chi connectivity index (χ4v) is 1.89. The smallest absolute Gasteiger partial charge is 0.276 e. The Morgan fingerprint density at radius 1 is 1.59 bits per heavy atom. The standard InChI is InChI=1S/C12H14N2O2S/c1-8(2)7-14-11(15)10(13-12(14)17)6-9-4-3-5-16-9/h3-6,8H,7H2,1-2H3,(H,13,17)/b10-6+. The van der Waals surface area contributed by atoms with Crippen molar-refractivity contribution in [3.05, 3.63) is 29.9 Å². The van der Waals surface area contributed by atoms with E-state index in [0.717, 1.165) is 0 Å². The highest BCUT2D eigenvalue weighted by Crippen LogP contribution is 2.15. The summed E-state index contributed by atoms with van der Waals surface area (Å²) in [4.78, 5) is 13.6. The maximum Gasteiger partial charge on any atom is 0.276 e. The molecule has 1 amide bonds. The highest BCUT2D eigenvalue weighted by Gasteiger charge is 2.30. The van der Waals surface area contributed by atoms with Crippen LogP contribution in [0.2, 0.25) is 0 Å². The molecule has 17 heavy (non-hydrogen) atoms. The van der Waals surface area contributed by atoms with Gasteiger partial charge in [-0.15, -0.1) is 0 Å². The number of hydrogen-bond acceptors (Lipinski definition) is 3. The minimum Gasteiger partial charge on any atom is -0.465 e. The first-order chi connectivity index (χ1) is 8.08. The van der Waals surface area contributed by atoms with Gasteiger partial charge in [-0.25, -0.2) is 0 Å². The molecule has 1 N–H and O–H groups in total. The van der Waals surface area contributed by atoms with Gasteiger partial charge in [-0.2, -0.15) is 0 Å².